The van der Waals surface area contributed by atoms with Crippen molar-refractivity contribution >= 4 is 11.4 Å². The zero-order valence-corrected chi connectivity index (χ0v) is 13.0. The minimum Gasteiger partial charge on any atom is -0.258 e. The highest BCUT2D eigenvalue weighted by atomic mass is 19.4. The molecule has 2 rings (SSSR count). The van der Waals surface area contributed by atoms with Crippen LogP contribution in [0.3, 0.4) is 0 Å². The molecule has 0 aliphatic rings. The van der Waals surface area contributed by atoms with Gasteiger partial charge in [0.05, 0.1) is 21.0 Å². The first-order valence-corrected chi connectivity index (χ1v) is 6.99. The average molecular weight is 394 g/mol. The Morgan fingerprint density at radius 2 is 1.04 bits per heavy atom. The monoisotopic (exact) mass is 394 g/mol. The van der Waals surface area contributed by atoms with Gasteiger partial charge in [0.15, 0.2) is 0 Å². The number of nitro groups is 2. The standard InChI is InChI=1S/C15H8F6N2O4/c16-14(17,18)12-6-10(22(24)25)3-1-8(12)5-9-2-4-11(23(26)27)7-13(9)15(19,20)21/h1-4,6-7H,5H2. The van der Waals surface area contributed by atoms with Crippen LogP contribution >= 0.6 is 0 Å². The summed E-state index contributed by atoms with van der Waals surface area (Å²) < 4.78 is 79.0. The van der Waals surface area contributed by atoms with Gasteiger partial charge in [-0.3, -0.25) is 20.2 Å². The molecule has 0 heterocycles. The maximum absolute atomic E-state index is 13.2. The predicted octanol–water partition coefficient (Wildman–Crippen LogP) is 5.13. The fourth-order valence-electron chi connectivity index (χ4n) is 2.40. The Kier molecular flexibility index (Phi) is 5.11. The lowest BCUT2D eigenvalue weighted by Gasteiger charge is -2.16. The molecule has 0 saturated heterocycles. The molecule has 0 unspecified atom stereocenters. The van der Waals surface area contributed by atoms with Crippen molar-refractivity contribution in [2.45, 2.75) is 18.8 Å². The van der Waals surface area contributed by atoms with Crippen LogP contribution in [0.4, 0.5) is 37.7 Å². The van der Waals surface area contributed by atoms with E-state index < -0.39 is 62.2 Å². The van der Waals surface area contributed by atoms with E-state index >= 15 is 0 Å². The summed E-state index contributed by atoms with van der Waals surface area (Å²) in [5, 5.41) is 21.3. The first kappa shape index (κ1) is 20.1. The van der Waals surface area contributed by atoms with Crippen molar-refractivity contribution in [2.24, 2.45) is 0 Å². The first-order chi connectivity index (χ1) is 12.3. The van der Waals surface area contributed by atoms with Gasteiger partial charge in [-0.25, -0.2) is 0 Å². The van der Waals surface area contributed by atoms with Crippen molar-refractivity contribution in [2.75, 3.05) is 0 Å². The summed E-state index contributed by atoms with van der Waals surface area (Å²) >= 11 is 0. The molecule has 6 nitrogen and oxygen atoms in total. The van der Waals surface area contributed by atoms with Crippen LogP contribution in [0.2, 0.25) is 0 Å². The quantitative estimate of drug-likeness (QED) is 0.409. The number of rotatable bonds is 4. The number of hydrogen-bond acceptors (Lipinski definition) is 4. The molecule has 12 heteroatoms. The Hall–Kier alpha value is -3.18. The van der Waals surface area contributed by atoms with Gasteiger partial charge in [0, 0.05) is 24.3 Å². The minimum atomic E-state index is -5.04. The second-order valence-electron chi connectivity index (χ2n) is 5.37. The minimum absolute atomic E-state index is 0.230. The SMILES string of the molecule is O=[N+]([O-])c1ccc(Cc2ccc([N+](=O)[O-])cc2C(F)(F)F)c(C(F)(F)F)c1. The van der Waals surface area contributed by atoms with Crippen molar-refractivity contribution in [3.05, 3.63) is 78.9 Å². The van der Waals surface area contributed by atoms with E-state index in [9.17, 15) is 46.6 Å². The summed E-state index contributed by atoms with van der Waals surface area (Å²) in [4.78, 5) is 19.2. The Morgan fingerprint density at radius 3 is 1.30 bits per heavy atom. The third-order valence-electron chi connectivity index (χ3n) is 3.60. The van der Waals surface area contributed by atoms with Gasteiger partial charge >= 0.3 is 12.4 Å². The fourth-order valence-corrected chi connectivity index (χ4v) is 2.40. The molecular formula is C15H8F6N2O4. The summed E-state index contributed by atoms with van der Waals surface area (Å²) in [5.41, 5.74) is -5.91. The van der Waals surface area contributed by atoms with Crippen molar-refractivity contribution in [1.29, 1.82) is 0 Å². The van der Waals surface area contributed by atoms with E-state index in [0.29, 0.717) is 12.1 Å². The van der Waals surface area contributed by atoms with Gasteiger partial charge in [0.25, 0.3) is 11.4 Å². The molecule has 0 bridgehead atoms. The predicted molar refractivity (Wildman–Crippen MR) is 79.0 cm³/mol. The van der Waals surface area contributed by atoms with Crippen LogP contribution in [0, 0.1) is 20.2 Å². The highest BCUT2D eigenvalue weighted by Gasteiger charge is 2.38. The Balaban J connectivity index is 2.60. The van der Waals surface area contributed by atoms with E-state index in [2.05, 4.69) is 0 Å². The molecule has 0 N–H and O–H groups in total. The highest BCUT2D eigenvalue weighted by molar-refractivity contribution is 5.47. The normalized spacial score (nSPS) is 12.1. The summed E-state index contributed by atoms with van der Waals surface area (Å²) in [7, 11) is 0. The largest absolute Gasteiger partial charge is 0.416 e. The number of nitrogens with zero attached hydrogens (tertiary/aromatic N) is 2. The topological polar surface area (TPSA) is 86.3 Å². The molecule has 0 saturated carbocycles. The van der Waals surface area contributed by atoms with Crippen LogP contribution in [0.5, 0.6) is 0 Å². The summed E-state index contributed by atoms with van der Waals surface area (Å²) in [6.45, 7) is 0. The lowest BCUT2D eigenvalue weighted by atomic mass is 9.95. The van der Waals surface area contributed by atoms with Crippen LogP contribution < -0.4 is 0 Å². The lowest BCUT2D eigenvalue weighted by Crippen LogP contribution is -2.13. The molecule has 0 spiro atoms. The van der Waals surface area contributed by atoms with Gasteiger partial charge in [-0.05, 0) is 17.5 Å². The molecule has 0 fully saturated rings. The molecule has 144 valence electrons. The van der Waals surface area contributed by atoms with Gasteiger partial charge in [-0.15, -0.1) is 0 Å². The number of nitro benzene ring substituents is 2. The number of non-ortho nitro benzene ring substituents is 2. The molecule has 0 atom stereocenters. The number of halogens is 6. The van der Waals surface area contributed by atoms with Gasteiger partial charge in [0.2, 0.25) is 0 Å². The molecule has 2 aromatic rings. The third-order valence-corrected chi connectivity index (χ3v) is 3.60. The maximum atomic E-state index is 13.2. The number of benzene rings is 2. The zero-order valence-electron chi connectivity index (χ0n) is 13.0. The van der Waals surface area contributed by atoms with Crippen molar-refractivity contribution in [3.63, 3.8) is 0 Å². The highest BCUT2D eigenvalue weighted by Crippen LogP contribution is 2.38. The molecule has 0 aromatic heterocycles. The van der Waals surface area contributed by atoms with Crippen LogP contribution in [-0.2, 0) is 18.8 Å². The van der Waals surface area contributed by atoms with E-state index in [1.165, 1.54) is 0 Å². The summed E-state index contributed by atoms with van der Waals surface area (Å²) in [6, 6.07) is 3.36. The molecule has 0 amide bonds. The van der Waals surface area contributed by atoms with Crippen molar-refractivity contribution in [3.8, 4) is 0 Å². The number of alkyl halides is 6. The van der Waals surface area contributed by atoms with E-state index in [1.807, 2.05) is 0 Å². The molecule has 0 aliphatic heterocycles. The van der Waals surface area contributed by atoms with Crippen LogP contribution in [0.15, 0.2) is 36.4 Å². The van der Waals surface area contributed by atoms with Gasteiger partial charge in [-0.1, -0.05) is 12.1 Å². The molecule has 2 aromatic carbocycles. The van der Waals surface area contributed by atoms with E-state index in [4.69, 9.17) is 0 Å². The van der Waals surface area contributed by atoms with Gasteiger partial charge in [0.1, 0.15) is 0 Å². The fraction of sp³-hybridized carbons (Fsp3) is 0.200. The van der Waals surface area contributed by atoms with Crippen molar-refractivity contribution in [1.82, 2.24) is 0 Å². The molecular weight excluding hydrogens is 386 g/mol. The molecule has 0 aliphatic carbocycles. The maximum Gasteiger partial charge on any atom is 0.416 e. The van der Waals surface area contributed by atoms with E-state index in [0.717, 1.165) is 12.1 Å². The van der Waals surface area contributed by atoms with Crippen LogP contribution in [0.1, 0.15) is 22.3 Å². The third kappa shape index (κ3) is 4.51. The molecule has 27 heavy (non-hydrogen) atoms. The Labute approximate surface area is 146 Å². The van der Waals surface area contributed by atoms with Gasteiger partial charge < -0.3 is 0 Å². The zero-order chi connectivity index (χ0) is 20.6. The Bertz CT molecular complexity index is 835. The Morgan fingerprint density at radius 1 is 0.704 bits per heavy atom. The average Bonchev–Trinajstić information content (AvgIpc) is 2.53. The second-order valence-corrected chi connectivity index (χ2v) is 5.37. The lowest BCUT2D eigenvalue weighted by molar-refractivity contribution is -0.385. The second kappa shape index (κ2) is 6.85. The first-order valence-electron chi connectivity index (χ1n) is 6.99. The molecule has 0 radical (unpaired) electrons. The smallest absolute Gasteiger partial charge is 0.258 e. The van der Waals surface area contributed by atoms with Crippen molar-refractivity contribution < 1.29 is 36.2 Å². The van der Waals surface area contributed by atoms with E-state index in [1.54, 1.807) is 0 Å². The summed E-state index contributed by atoms with van der Waals surface area (Å²) in [6.07, 6.45) is -11.0. The van der Waals surface area contributed by atoms with Crippen LogP contribution in [-0.4, -0.2) is 9.85 Å². The number of hydrogen-bond donors (Lipinski definition) is 0. The van der Waals surface area contributed by atoms with Gasteiger partial charge in [-0.2, -0.15) is 26.3 Å². The summed E-state index contributed by atoms with van der Waals surface area (Å²) in [5.74, 6) is 0. The van der Waals surface area contributed by atoms with E-state index in [-0.39, 0.29) is 12.1 Å². The van der Waals surface area contributed by atoms with Crippen LogP contribution in [0.25, 0.3) is 0 Å².